The Morgan fingerprint density at radius 3 is 2.70 bits per heavy atom. The zero-order chi connectivity index (χ0) is 14.0. The number of aryl methyl sites for hydroxylation is 1. The van der Waals surface area contributed by atoms with Crippen LogP contribution in [0.2, 0.25) is 0 Å². The van der Waals surface area contributed by atoms with Crippen molar-refractivity contribution in [2.45, 2.75) is 45.2 Å². The number of nitrogens with one attached hydrogen (secondary N) is 1. The van der Waals surface area contributed by atoms with Gasteiger partial charge in [-0.15, -0.1) is 5.10 Å². The fraction of sp³-hybridized carbons (Fsp3) is 0.857. The summed E-state index contributed by atoms with van der Waals surface area (Å²) in [6, 6.07) is 0. The monoisotopic (exact) mass is 281 g/mol. The van der Waals surface area contributed by atoms with Crippen molar-refractivity contribution in [1.82, 2.24) is 25.2 Å². The van der Waals surface area contributed by atoms with Crippen LogP contribution in [0.25, 0.3) is 0 Å². The minimum absolute atomic E-state index is 0.198. The predicted octanol–water partition coefficient (Wildman–Crippen LogP) is 0.626. The van der Waals surface area contributed by atoms with Crippen LogP contribution in [0.1, 0.15) is 37.8 Å². The molecular weight excluding hydrogens is 254 g/mol. The average molecular weight is 281 g/mol. The topological polar surface area (TPSA) is 66.2 Å². The van der Waals surface area contributed by atoms with Gasteiger partial charge >= 0.3 is 0 Å². The maximum Gasteiger partial charge on any atom is 0.0964 e. The van der Waals surface area contributed by atoms with Crippen molar-refractivity contribution in [3.63, 3.8) is 0 Å². The highest BCUT2D eigenvalue weighted by atomic mass is 16.3. The van der Waals surface area contributed by atoms with E-state index in [-0.39, 0.29) is 6.61 Å². The van der Waals surface area contributed by atoms with Crippen LogP contribution >= 0.6 is 0 Å². The summed E-state index contributed by atoms with van der Waals surface area (Å²) < 4.78 is 1.79. The van der Waals surface area contributed by atoms with Gasteiger partial charge in [-0.25, -0.2) is 0 Å². The molecule has 2 heterocycles. The van der Waals surface area contributed by atoms with Crippen molar-refractivity contribution in [1.29, 1.82) is 0 Å². The number of hydrogen-bond donors (Lipinski definition) is 2. The number of nitrogens with zero attached hydrogens (tertiary/aromatic N) is 4. The number of likely N-dealkylation sites (tertiary alicyclic amines) is 1. The van der Waals surface area contributed by atoms with Crippen LogP contribution in [-0.4, -0.2) is 57.8 Å². The summed E-state index contributed by atoms with van der Waals surface area (Å²) in [4.78, 5) is 2.55. The lowest BCUT2D eigenvalue weighted by molar-refractivity contribution is 0.276. The van der Waals surface area contributed by atoms with Crippen molar-refractivity contribution in [2.24, 2.45) is 0 Å². The van der Waals surface area contributed by atoms with Crippen molar-refractivity contribution in [2.75, 3.05) is 32.8 Å². The number of aromatic nitrogens is 3. The van der Waals surface area contributed by atoms with E-state index in [4.69, 9.17) is 5.11 Å². The highest BCUT2D eigenvalue weighted by molar-refractivity contribution is 4.91. The number of rotatable bonds is 8. The van der Waals surface area contributed by atoms with Crippen LogP contribution in [0.5, 0.6) is 0 Å². The Morgan fingerprint density at radius 1 is 1.15 bits per heavy atom. The van der Waals surface area contributed by atoms with Crippen molar-refractivity contribution >= 4 is 0 Å². The lowest BCUT2D eigenvalue weighted by Crippen LogP contribution is -2.32. The van der Waals surface area contributed by atoms with E-state index in [0.717, 1.165) is 38.3 Å². The minimum atomic E-state index is 0.198. The van der Waals surface area contributed by atoms with Gasteiger partial charge in [0, 0.05) is 39.0 Å². The molecule has 1 aromatic rings. The third-order valence-corrected chi connectivity index (χ3v) is 3.74. The van der Waals surface area contributed by atoms with E-state index < -0.39 is 0 Å². The average Bonchev–Trinajstić information content (AvgIpc) is 2.75. The molecular formula is C14H27N5O. The normalized spacial score (nSPS) is 17.2. The molecule has 0 aromatic carbocycles. The third-order valence-electron chi connectivity index (χ3n) is 3.74. The van der Waals surface area contributed by atoms with Gasteiger partial charge in [0.05, 0.1) is 5.69 Å². The fourth-order valence-electron chi connectivity index (χ4n) is 2.57. The molecule has 1 saturated heterocycles. The first-order valence-electron chi connectivity index (χ1n) is 7.81. The summed E-state index contributed by atoms with van der Waals surface area (Å²) in [7, 11) is 0. The van der Waals surface area contributed by atoms with E-state index in [0.29, 0.717) is 0 Å². The molecule has 0 bridgehead atoms. The Morgan fingerprint density at radius 2 is 1.95 bits per heavy atom. The molecule has 1 aromatic heterocycles. The Bertz CT molecular complexity index is 360. The van der Waals surface area contributed by atoms with Crippen LogP contribution in [0, 0.1) is 0 Å². The van der Waals surface area contributed by atoms with E-state index in [1.54, 1.807) is 4.68 Å². The molecule has 2 N–H and O–H groups in total. The van der Waals surface area contributed by atoms with E-state index >= 15 is 0 Å². The first-order valence-corrected chi connectivity index (χ1v) is 7.81. The van der Waals surface area contributed by atoms with E-state index in [2.05, 4.69) is 20.5 Å². The molecule has 6 nitrogen and oxygen atoms in total. The maximum absolute atomic E-state index is 8.77. The van der Waals surface area contributed by atoms with Crippen LogP contribution in [0.4, 0.5) is 0 Å². The highest BCUT2D eigenvalue weighted by Crippen LogP contribution is 2.08. The molecule has 0 aliphatic carbocycles. The summed E-state index contributed by atoms with van der Waals surface area (Å²) >= 11 is 0. The quantitative estimate of drug-likeness (QED) is 0.684. The second-order valence-corrected chi connectivity index (χ2v) is 5.48. The second kappa shape index (κ2) is 9.05. The van der Waals surface area contributed by atoms with Gasteiger partial charge < -0.3 is 15.3 Å². The van der Waals surface area contributed by atoms with E-state index in [1.807, 2.05) is 6.20 Å². The first kappa shape index (κ1) is 15.4. The SMILES string of the molecule is OCCCn1cc(CNCCN2CCCCCC2)nn1. The lowest BCUT2D eigenvalue weighted by atomic mass is 10.2. The van der Waals surface area contributed by atoms with E-state index in [9.17, 15) is 0 Å². The zero-order valence-electron chi connectivity index (χ0n) is 12.3. The third kappa shape index (κ3) is 5.56. The number of aliphatic hydroxyl groups excluding tert-OH is 1. The molecule has 0 saturated carbocycles. The summed E-state index contributed by atoms with van der Waals surface area (Å²) in [5, 5.41) is 20.4. The summed E-state index contributed by atoms with van der Waals surface area (Å²) in [6.45, 7) is 6.33. The molecule has 2 rings (SSSR count). The van der Waals surface area contributed by atoms with Gasteiger partial charge in [0.15, 0.2) is 0 Å². The first-order chi connectivity index (χ1) is 9.88. The Labute approximate surface area is 121 Å². The predicted molar refractivity (Wildman–Crippen MR) is 78.3 cm³/mol. The molecule has 0 unspecified atom stereocenters. The minimum Gasteiger partial charge on any atom is -0.396 e. The van der Waals surface area contributed by atoms with Gasteiger partial charge in [-0.3, -0.25) is 4.68 Å². The van der Waals surface area contributed by atoms with Crippen molar-refractivity contribution < 1.29 is 5.11 Å². The molecule has 0 atom stereocenters. The zero-order valence-corrected chi connectivity index (χ0v) is 12.3. The second-order valence-electron chi connectivity index (χ2n) is 5.48. The molecule has 0 spiro atoms. The number of aliphatic hydroxyl groups is 1. The molecule has 0 radical (unpaired) electrons. The van der Waals surface area contributed by atoms with Crippen LogP contribution in [0.3, 0.4) is 0 Å². The van der Waals surface area contributed by atoms with E-state index in [1.165, 1.54) is 38.8 Å². The lowest BCUT2D eigenvalue weighted by Gasteiger charge is -2.19. The Kier molecular flexibility index (Phi) is 6.97. The fourth-order valence-corrected chi connectivity index (χ4v) is 2.57. The van der Waals surface area contributed by atoms with Gasteiger partial charge in [0.1, 0.15) is 0 Å². The Hall–Kier alpha value is -0.980. The molecule has 114 valence electrons. The van der Waals surface area contributed by atoms with Crippen molar-refractivity contribution in [3.8, 4) is 0 Å². The van der Waals surface area contributed by atoms with Gasteiger partial charge in [-0.2, -0.15) is 0 Å². The summed E-state index contributed by atoms with van der Waals surface area (Å²) in [5.41, 5.74) is 0.971. The number of hydrogen-bond acceptors (Lipinski definition) is 5. The summed E-state index contributed by atoms with van der Waals surface area (Å²) in [5.74, 6) is 0. The molecule has 20 heavy (non-hydrogen) atoms. The van der Waals surface area contributed by atoms with Crippen LogP contribution < -0.4 is 5.32 Å². The molecule has 6 heteroatoms. The molecule has 1 aliphatic heterocycles. The van der Waals surface area contributed by atoms with Gasteiger partial charge in [-0.1, -0.05) is 18.1 Å². The standard InChI is InChI=1S/C14H27N5O/c20-11-5-9-19-13-14(16-17-19)12-15-6-10-18-7-3-1-2-4-8-18/h13,15,20H,1-12H2. The van der Waals surface area contributed by atoms with Crippen LogP contribution in [-0.2, 0) is 13.1 Å². The van der Waals surface area contributed by atoms with Gasteiger partial charge in [-0.05, 0) is 32.4 Å². The summed E-state index contributed by atoms with van der Waals surface area (Å²) in [6.07, 6.45) is 8.15. The molecule has 0 amide bonds. The molecule has 1 fully saturated rings. The smallest absolute Gasteiger partial charge is 0.0964 e. The van der Waals surface area contributed by atoms with Crippen molar-refractivity contribution in [3.05, 3.63) is 11.9 Å². The molecule has 1 aliphatic rings. The Balaban J connectivity index is 1.59. The van der Waals surface area contributed by atoms with Gasteiger partial charge in [0.2, 0.25) is 0 Å². The highest BCUT2D eigenvalue weighted by Gasteiger charge is 2.08. The van der Waals surface area contributed by atoms with Gasteiger partial charge in [0.25, 0.3) is 0 Å². The van der Waals surface area contributed by atoms with Crippen LogP contribution in [0.15, 0.2) is 6.20 Å². The maximum atomic E-state index is 8.77. The largest absolute Gasteiger partial charge is 0.396 e.